The number of thiophene rings is 1. The van der Waals surface area contributed by atoms with E-state index in [1.54, 1.807) is 34.6 Å². The number of hydrogen-bond acceptors (Lipinski definition) is 6. The predicted octanol–water partition coefficient (Wildman–Crippen LogP) is 4.18. The summed E-state index contributed by atoms with van der Waals surface area (Å²) in [6.07, 6.45) is 2.09. The van der Waals surface area contributed by atoms with Gasteiger partial charge in [0.2, 0.25) is 5.91 Å². The predicted molar refractivity (Wildman–Crippen MR) is 117 cm³/mol. The highest BCUT2D eigenvalue weighted by atomic mass is 32.3. The third kappa shape index (κ3) is 5.71. The van der Waals surface area contributed by atoms with Crippen LogP contribution < -0.4 is 4.72 Å². The Morgan fingerprint density at radius 1 is 1.21 bits per heavy atom. The van der Waals surface area contributed by atoms with Gasteiger partial charge in [-0.2, -0.15) is 5.10 Å². The van der Waals surface area contributed by atoms with Crippen LogP contribution in [0.1, 0.15) is 31.2 Å². The first-order valence-electron chi connectivity index (χ1n) is 9.28. The number of unbranched alkanes of at least 4 members (excludes halogenated alkanes) is 1. The minimum Gasteiger partial charge on any atom is -0.274 e. The molecular weight excluding hydrogens is 426 g/mol. The lowest BCUT2D eigenvalue weighted by molar-refractivity contribution is -0.118. The van der Waals surface area contributed by atoms with E-state index in [9.17, 15) is 13.2 Å². The molecule has 2 heterocycles. The lowest BCUT2D eigenvalue weighted by Gasteiger charge is -2.08. The number of carbonyl (C=O) groups excluding carboxylic acids is 1. The molecule has 0 spiro atoms. The monoisotopic (exact) mass is 449 g/mol. The number of sulfonamides is 1. The number of nitrogens with one attached hydrogen (secondary N) is 1. The molecule has 6 nitrogen and oxygen atoms in total. The van der Waals surface area contributed by atoms with Crippen molar-refractivity contribution in [3.8, 4) is 5.69 Å². The molecule has 2 aromatic heterocycles. The van der Waals surface area contributed by atoms with Gasteiger partial charge >= 0.3 is 0 Å². The second kappa shape index (κ2) is 9.60. The van der Waals surface area contributed by atoms with E-state index in [1.807, 2.05) is 37.3 Å². The van der Waals surface area contributed by atoms with Gasteiger partial charge in [0, 0.05) is 0 Å². The lowest BCUT2D eigenvalue weighted by atomic mass is 10.2. The third-order valence-electron chi connectivity index (χ3n) is 4.06. The molecule has 0 unspecified atom stereocenters. The Morgan fingerprint density at radius 2 is 1.97 bits per heavy atom. The number of benzene rings is 1. The second-order valence-corrected chi connectivity index (χ2v) is 10.9. The van der Waals surface area contributed by atoms with Gasteiger partial charge in [0.25, 0.3) is 10.0 Å². The van der Waals surface area contributed by atoms with Crippen LogP contribution in [0.25, 0.3) is 5.69 Å². The van der Waals surface area contributed by atoms with E-state index in [1.165, 1.54) is 11.3 Å². The van der Waals surface area contributed by atoms with Gasteiger partial charge in [-0.25, -0.2) is 17.8 Å². The average molecular weight is 450 g/mol. The Kier molecular flexibility index (Phi) is 7.15. The molecule has 154 valence electrons. The van der Waals surface area contributed by atoms with Crippen molar-refractivity contribution in [3.63, 3.8) is 0 Å². The van der Waals surface area contributed by atoms with Gasteiger partial charge in [-0.05, 0) is 49.4 Å². The molecule has 0 fully saturated rings. The highest BCUT2D eigenvalue weighted by Crippen LogP contribution is 2.30. The van der Waals surface area contributed by atoms with Crippen molar-refractivity contribution >= 4 is 39.0 Å². The third-order valence-corrected chi connectivity index (χ3v) is 8.32. The van der Waals surface area contributed by atoms with Crippen molar-refractivity contribution in [2.75, 3.05) is 5.75 Å². The molecule has 0 radical (unpaired) electrons. The zero-order valence-corrected chi connectivity index (χ0v) is 18.7. The van der Waals surface area contributed by atoms with Crippen molar-refractivity contribution in [2.24, 2.45) is 0 Å². The fourth-order valence-corrected chi connectivity index (χ4v) is 6.45. The van der Waals surface area contributed by atoms with E-state index in [4.69, 9.17) is 0 Å². The summed E-state index contributed by atoms with van der Waals surface area (Å²) in [5.41, 5.74) is 2.20. The van der Waals surface area contributed by atoms with Crippen LogP contribution in [-0.4, -0.2) is 29.9 Å². The van der Waals surface area contributed by atoms with Crippen molar-refractivity contribution in [3.05, 3.63) is 59.9 Å². The zero-order valence-electron chi connectivity index (χ0n) is 16.3. The van der Waals surface area contributed by atoms with Crippen molar-refractivity contribution in [1.82, 2.24) is 14.5 Å². The summed E-state index contributed by atoms with van der Waals surface area (Å²) in [5, 5.41) is 4.41. The number of aromatic nitrogens is 2. The molecular formula is C20H23N3O3S3. The van der Waals surface area contributed by atoms with Gasteiger partial charge < -0.3 is 0 Å². The molecule has 9 heteroatoms. The molecule has 0 atom stereocenters. The average Bonchev–Trinajstić information content (AvgIpc) is 3.29. The SMILES string of the molecule is CCCCSc1ccc(S(=O)(=O)NC(=O)Cc2cc(C)nn2-c2ccccc2)s1. The van der Waals surface area contributed by atoms with Crippen LogP contribution in [0, 0.1) is 6.92 Å². The molecule has 3 aromatic rings. The number of nitrogens with zero attached hydrogens (tertiary/aromatic N) is 2. The topological polar surface area (TPSA) is 81.1 Å². The Morgan fingerprint density at radius 3 is 2.69 bits per heavy atom. The number of hydrogen-bond donors (Lipinski definition) is 1. The van der Waals surface area contributed by atoms with Gasteiger partial charge in [-0.15, -0.1) is 23.1 Å². The molecule has 0 aliphatic rings. The number of para-hydroxylation sites is 1. The Bertz CT molecular complexity index is 1070. The summed E-state index contributed by atoms with van der Waals surface area (Å²) < 4.78 is 30.1. The standard InChI is InChI=1S/C20H23N3O3S3/c1-3-4-12-27-19-10-11-20(28-19)29(25,26)22-18(24)14-17-13-15(2)21-23(17)16-8-6-5-7-9-16/h5-11,13H,3-4,12,14H2,1-2H3,(H,22,24). The maximum absolute atomic E-state index is 12.6. The van der Waals surface area contributed by atoms with Crippen molar-refractivity contribution in [2.45, 2.75) is 41.5 Å². The van der Waals surface area contributed by atoms with Gasteiger partial charge in [-0.1, -0.05) is 31.5 Å². The first-order valence-corrected chi connectivity index (χ1v) is 12.6. The summed E-state index contributed by atoms with van der Waals surface area (Å²) in [4.78, 5) is 12.5. The minimum atomic E-state index is -3.88. The molecule has 1 amide bonds. The van der Waals surface area contributed by atoms with Gasteiger partial charge in [0.05, 0.1) is 27.7 Å². The maximum atomic E-state index is 12.6. The van der Waals surface area contributed by atoms with Gasteiger partial charge in [0.15, 0.2) is 0 Å². The van der Waals surface area contributed by atoms with Gasteiger partial charge in [-0.3, -0.25) is 4.79 Å². The van der Waals surface area contributed by atoms with Gasteiger partial charge in [0.1, 0.15) is 4.21 Å². The van der Waals surface area contributed by atoms with Crippen LogP contribution in [0.15, 0.2) is 56.9 Å². The normalized spacial score (nSPS) is 11.5. The Hall–Kier alpha value is -2.10. The van der Waals surface area contributed by atoms with Crippen LogP contribution in [0.3, 0.4) is 0 Å². The Balaban J connectivity index is 1.69. The number of thioether (sulfide) groups is 1. The molecule has 0 bridgehead atoms. The fraction of sp³-hybridized carbons (Fsp3) is 0.300. The molecule has 3 rings (SSSR count). The van der Waals surface area contributed by atoms with E-state index < -0.39 is 15.9 Å². The number of aryl methyl sites for hydroxylation is 1. The van der Waals surface area contributed by atoms with E-state index in [0.717, 1.165) is 34.2 Å². The number of carbonyl (C=O) groups is 1. The highest BCUT2D eigenvalue weighted by Gasteiger charge is 2.21. The zero-order chi connectivity index (χ0) is 20.9. The van der Waals surface area contributed by atoms with Crippen LogP contribution in [-0.2, 0) is 21.2 Å². The smallest absolute Gasteiger partial charge is 0.273 e. The van der Waals surface area contributed by atoms with Crippen LogP contribution in [0.4, 0.5) is 0 Å². The van der Waals surface area contributed by atoms with Crippen LogP contribution in [0.5, 0.6) is 0 Å². The van der Waals surface area contributed by atoms with Crippen molar-refractivity contribution < 1.29 is 13.2 Å². The molecule has 0 aliphatic carbocycles. The van der Waals surface area contributed by atoms with Crippen molar-refractivity contribution in [1.29, 1.82) is 0 Å². The number of rotatable bonds is 9. The van der Waals surface area contributed by atoms with E-state index >= 15 is 0 Å². The summed E-state index contributed by atoms with van der Waals surface area (Å²) in [7, 11) is -3.88. The summed E-state index contributed by atoms with van der Waals surface area (Å²) >= 11 is 2.82. The summed E-state index contributed by atoms with van der Waals surface area (Å²) in [6, 6.07) is 14.6. The fourth-order valence-electron chi connectivity index (χ4n) is 2.71. The van der Waals surface area contributed by atoms with E-state index in [-0.39, 0.29) is 10.6 Å². The van der Waals surface area contributed by atoms with Crippen LogP contribution >= 0.6 is 23.1 Å². The Labute approximate surface area is 179 Å². The number of amides is 1. The molecule has 29 heavy (non-hydrogen) atoms. The maximum Gasteiger partial charge on any atom is 0.273 e. The second-order valence-electron chi connectivity index (χ2n) is 6.51. The van der Waals surface area contributed by atoms with E-state index in [2.05, 4.69) is 16.7 Å². The summed E-state index contributed by atoms with van der Waals surface area (Å²) in [6.45, 7) is 3.95. The largest absolute Gasteiger partial charge is 0.274 e. The van der Waals surface area contributed by atoms with E-state index in [0.29, 0.717) is 5.69 Å². The summed E-state index contributed by atoms with van der Waals surface area (Å²) in [5.74, 6) is 0.363. The molecule has 0 saturated heterocycles. The van der Waals surface area contributed by atoms with Crippen LogP contribution in [0.2, 0.25) is 0 Å². The molecule has 1 N–H and O–H groups in total. The first-order chi connectivity index (χ1) is 13.9. The first kappa shape index (κ1) is 21.6. The molecule has 0 saturated carbocycles. The lowest BCUT2D eigenvalue weighted by Crippen LogP contribution is -2.31. The molecule has 1 aromatic carbocycles. The molecule has 0 aliphatic heterocycles. The quantitative estimate of drug-likeness (QED) is 0.391. The highest BCUT2D eigenvalue weighted by molar-refractivity contribution is 8.01. The minimum absolute atomic E-state index is 0.0849.